The molecule has 3 N–H and O–H groups in total. The molecule has 0 aromatic heterocycles. The summed E-state index contributed by atoms with van der Waals surface area (Å²) in [6.45, 7) is 0.170. The maximum absolute atomic E-state index is 13.7. The van der Waals surface area contributed by atoms with Gasteiger partial charge in [-0.2, -0.15) is 0 Å². The maximum Gasteiger partial charge on any atom is 0.248 e. The SMILES string of the molecule is COc1ccc(Cl)cc1NCc1cc(C(N)=O)ccc1F. The average Bonchev–Trinajstić information content (AvgIpc) is 2.46. The van der Waals surface area contributed by atoms with Crippen molar-refractivity contribution in [3.05, 3.63) is 58.4 Å². The van der Waals surface area contributed by atoms with Crippen molar-refractivity contribution in [1.29, 1.82) is 0 Å². The van der Waals surface area contributed by atoms with Crippen molar-refractivity contribution in [1.82, 2.24) is 0 Å². The van der Waals surface area contributed by atoms with E-state index in [0.29, 0.717) is 22.0 Å². The Labute approximate surface area is 126 Å². The van der Waals surface area contributed by atoms with Gasteiger partial charge in [0, 0.05) is 22.7 Å². The lowest BCUT2D eigenvalue weighted by atomic mass is 10.1. The molecule has 0 bridgehead atoms. The number of halogens is 2. The van der Waals surface area contributed by atoms with Crippen LogP contribution in [0.3, 0.4) is 0 Å². The summed E-state index contributed by atoms with van der Waals surface area (Å²) in [5, 5.41) is 3.56. The maximum atomic E-state index is 13.7. The third-order valence-corrected chi connectivity index (χ3v) is 3.20. The Morgan fingerprint density at radius 2 is 2.10 bits per heavy atom. The fourth-order valence-corrected chi connectivity index (χ4v) is 2.04. The molecule has 0 radical (unpaired) electrons. The molecule has 4 nitrogen and oxygen atoms in total. The molecule has 2 rings (SSSR count). The molecular weight excluding hydrogens is 295 g/mol. The number of rotatable bonds is 5. The van der Waals surface area contributed by atoms with Crippen molar-refractivity contribution in [2.24, 2.45) is 5.73 Å². The van der Waals surface area contributed by atoms with Crippen LogP contribution >= 0.6 is 11.6 Å². The van der Waals surface area contributed by atoms with Gasteiger partial charge >= 0.3 is 0 Å². The third-order valence-electron chi connectivity index (χ3n) is 2.96. The first kappa shape index (κ1) is 15.1. The summed E-state index contributed by atoms with van der Waals surface area (Å²) in [5.74, 6) is -0.434. The number of nitrogens with two attached hydrogens (primary N) is 1. The van der Waals surface area contributed by atoms with Gasteiger partial charge in [-0.05, 0) is 36.4 Å². The highest BCUT2D eigenvalue weighted by atomic mass is 35.5. The van der Waals surface area contributed by atoms with E-state index in [1.165, 1.54) is 25.3 Å². The van der Waals surface area contributed by atoms with Gasteiger partial charge < -0.3 is 15.8 Å². The van der Waals surface area contributed by atoms with E-state index in [4.69, 9.17) is 22.1 Å². The van der Waals surface area contributed by atoms with Crippen LogP contribution in [0.4, 0.5) is 10.1 Å². The summed E-state index contributed by atoms with van der Waals surface area (Å²) < 4.78 is 18.9. The van der Waals surface area contributed by atoms with Gasteiger partial charge in [0.25, 0.3) is 0 Å². The highest BCUT2D eigenvalue weighted by molar-refractivity contribution is 6.30. The smallest absolute Gasteiger partial charge is 0.248 e. The molecule has 0 saturated carbocycles. The minimum Gasteiger partial charge on any atom is -0.495 e. The monoisotopic (exact) mass is 308 g/mol. The third kappa shape index (κ3) is 3.64. The van der Waals surface area contributed by atoms with Crippen molar-refractivity contribution >= 4 is 23.2 Å². The van der Waals surface area contributed by atoms with Crippen LogP contribution in [-0.4, -0.2) is 13.0 Å². The van der Waals surface area contributed by atoms with Crippen molar-refractivity contribution in [3.8, 4) is 5.75 Å². The first-order valence-electron chi connectivity index (χ1n) is 6.17. The average molecular weight is 309 g/mol. The number of benzene rings is 2. The summed E-state index contributed by atoms with van der Waals surface area (Å²) in [6.07, 6.45) is 0. The zero-order valence-electron chi connectivity index (χ0n) is 11.3. The van der Waals surface area contributed by atoms with Crippen LogP contribution < -0.4 is 15.8 Å². The van der Waals surface area contributed by atoms with Crippen LogP contribution in [0.1, 0.15) is 15.9 Å². The molecular formula is C15H14ClFN2O2. The van der Waals surface area contributed by atoms with Crippen LogP contribution in [0, 0.1) is 5.82 Å². The summed E-state index contributed by atoms with van der Waals surface area (Å²) >= 11 is 5.92. The second-order valence-electron chi connectivity index (χ2n) is 4.37. The first-order valence-corrected chi connectivity index (χ1v) is 6.54. The molecule has 21 heavy (non-hydrogen) atoms. The van der Waals surface area contributed by atoms with Gasteiger partial charge in [0.2, 0.25) is 5.91 Å². The lowest BCUT2D eigenvalue weighted by Crippen LogP contribution is -2.12. The number of carbonyl (C=O) groups excluding carboxylic acids is 1. The number of anilines is 1. The predicted molar refractivity (Wildman–Crippen MR) is 80.2 cm³/mol. The normalized spacial score (nSPS) is 10.2. The van der Waals surface area contributed by atoms with Crippen LogP contribution in [0.15, 0.2) is 36.4 Å². The molecule has 0 fully saturated rings. The lowest BCUT2D eigenvalue weighted by molar-refractivity contribution is 0.1000. The summed E-state index contributed by atoms with van der Waals surface area (Å²) in [6, 6.07) is 9.06. The van der Waals surface area contributed by atoms with E-state index in [-0.39, 0.29) is 12.1 Å². The molecule has 6 heteroatoms. The molecule has 110 valence electrons. The first-order chi connectivity index (χ1) is 10.0. The topological polar surface area (TPSA) is 64.3 Å². The van der Waals surface area contributed by atoms with Gasteiger partial charge in [-0.3, -0.25) is 4.79 Å². The fraction of sp³-hybridized carbons (Fsp3) is 0.133. The van der Waals surface area contributed by atoms with Gasteiger partial charge in [0.05, 0.1) is 12.8 Å². The van der Waals surface area contributed by atoms with Crippen LogP contribution in [0.5, 0.6) is 5.75 Å². The van der Waals surface area contributed by atoms with E-state index in [1.54, 1.807) is 18.2 Å². The molecule has 2 aromatic carbocycles. The quantitative estimate of drug-likeness (QED) is 0.891. The summed E-state index contributed by atoms with van der Waals surface area (Å²) in [4.78, 5) is 11.1. The number of hydrogen-bond acceptors (Lipinski definition) is 3. The largest absolute Gasteiger partial charge is 0.495 e. The minimum absolute atomic E-state index is 0.170. The van der Waals surface area contributed by atoms with Crippen molar-refractivity contribution in [3.63, 3.8) is 0 Å². The highest BCUT2D eigenvalue weighted by Crippen LogP contribution is 2.28. The van der Waals surface area contributed by atoms with E-state index < -0.39 is 11.7 Å². The van der Waals surface area contributed by atoms with Gasteiger partial charge in [-0.25, -0.2) is 4.39 Å². The fourth-order valence-electron chi connectivity index (χ4n) is 1.87. The molecule has 0 atom stereocenters. The van der Waals surface area contributed by atoms with Crippen molar-refractivity contribution in [2.75, 3.05) is 12.4 Å². The molecule has 0 spiro atoms. The predicted octanol–water partition coefficient (Wildman–Crippen LogP) is 3.20. The Hall–Kier alpha value is -2.27. The summed E-state index contributed by atoms with van der Waals surface area (Å²) in [5.41, 5.74) is 6.40. The number of ether oxygens (including phenoxy) is 1. The second kappa shape index (κ2) is 6.45. The minimum atomic E-state index is -0.600. The molecule has 0 heterocycles. The Balaban J connectivity index is 2.22. The number of carbonyl (C=O) groups is 1. The summed E-state index contributed by atoms with van der Waals surface area (Å²) in [7, 11) is 1.53. The van der Waals surface area contributed by atoms with Gasteiger partial charge in [-0.15, -0.1) is 0 Å². The molecule has 0 aliphatic heterocycles. The Morgan fingerprint density at radius 1 is 1.33 bits per heavy atom. The molecule has 0 saturated heterocycles. The van der Waals surface area contributed by atoms with E-state index in [1.807, 2.05) is 0 Å². The zero-order valence-corrected chi connectivity index (χ0v) is 12.1. The van der Waals surface area contributed by atoms with E-state index in [9.17, 15) is 9.18 Å². The number of primary amides is 1. The van der Waals surface area contributed by atoms with E-state index in [2.05, 4.69) is 5.32 Å². The van der Waals surface area contributed by atoms with Gasteiger partial charge in [0.1, 0.15) is 11.6 Å². The van der Waals surface area contributed by atoms with Crippen molar-refractivity contribution in [2.45, 2.75) is 6.54 Å². The van der Waals surface area contributed by atoms with E-state index >= 15 is 0 Å². The van der Waals surface area contributed by atoms with Crippen LogP contribution in [-0.2, 0) is 6.54 Å². The molecule has 1 amide bonds. The second-order valence-corrected chi connectivity index (χ2v) is 4.81. The number of hydrogen-bond donors (Lipinski definition) is 2. The van der Waals surface area contributed by atoms with Crippen molar-refractivity contribution < 1.29 is 13.9 Å². The molecule has 2 aromatic rings. The van der Waals surface area contributed by atoms with Crippen LogP contribution in [0.2, 0.25) is 5.02 Å². The standard InChI is InChI=1S/C15H14ClFN2O2/c1-21-14-5-3-11(16)7-13(14)19-8-10-6-9(15(18)20)2-4-12(10)17/h2-7,19H,8H2,1H3,(H2,18,20). The Kier molecular flexibility index (Phi) is 4.65. The number of nitrogens with one attached hydrogen (secondary N) is 1. The Bertz CT molecular complexity index is 677. The lowest BCUT2D eigenvalue weighted by Gasteiger charge is -2.12. The zero-order chi connectivity index (χ0) is 15.4. The number of amides is 1. The number of methoxy groups -OCH3 is 1. The molecule has 0 aliphatic rings. The highest BCUT2D eigenvalue weighted by Gasteiger charge is 2.09. The molecule has 0 aliphatic carbocycles. The van der Waals surface area contributed by atoms with Crippen LogP contribution in [0.25, 0.3) is 0 Å². The Morgan fingerprint density at radius 3 is 2.76 bits per heavy atom. The molecule has 0 unspecified atom stereocenters. The van der Waals surface area contributed by atoms with Gasteiger partial charge in [0.15, 0.2) is 0 Å². The van der Waals surface area contributed by atoms with Gasteiger partial charge in [-0.1, -0.05) is 11.6 Å². The van der Waals surface area contributed by atoms with E-state index in [0.717, 1.165) is 0 Å².